The first-order chi connectivity index (χ1) is 9.08. The largest absolute Gasteiger partial charge is 0.508 e. The van der Waals surface area contributed by atoms with Crippen molar-refractivity contribution >= 4 is 17.7 Å². The molecule has 0 aliphatic heterocycles. The lowest BCUT2D eigenvalue weighted by molar-refractivity contribution is 0.0600. The van der Waals surface area contributed by atoms with E-state index in [0.29, 0.717) is 5.56 Å². The molecule has 0 saturated carbocycles. The minimum atomic E-state index is -0.457. The molecule has 0 aliphatic carbocycles. The summed E-state index contributed by atoms with van der Waals surface area (Å²) < 4.78 is 4.65. The Bertz CT molecular complexity index is 591. The summed E-state index contributed by atoms with van der Waals surface area (Å²) in [5, 5.41) is 9.64. The lowest BCUT2D eigenvalue weighted by Crippen LogP contribution is -2.00. The fourth-order valence-electron chi connectivity index (χ4n) is 1.62. The van der Waals surface area contributed by atoms with Gasteiger partial charge in [0.15, 0.2) is 0 Å². The first-order valence-corrected chi connectivity index (χ1v) is 6.57. The third kappa shape index (κ3) is 3.51. The maximum absolute atomic E-state index is 11.5. The molecule has 2 aromatic carbocycles. The molecule has 98 valence electrons. The van der Waals surface area contributed by atoms with E-state index in [-0.39, 0.29) is 5.75 Å². The molecule has 0 bridgehead atoms. The Kier molecular flexibility index (Phi) is 4.12. The van der Waals surface area contributed by atoms with Gasteiger partial charge in [-0.15, -0.1) is 0 Å². The predicted molar refractivity (Wildman–Crippen MR) is 74.7 cm³/mol. The number of carbonyl (C=O) groups excluding carboxylic acids is 1. The van der Waals surface area contributed by atoms with Gasteiger partial charge in [0.1, 0.15) is 5.75 Å². The van der Waals surface area contributed by atoms with E-state index in [0.717, 1.165) is 9.79 Å². The Labute approximate surface area is 116 Å². The molecule has 0 aromatic heterocycles. The number of esters is 1. The maximum Gasteiger partial charge on any atom is 0.338 e. The normalized spacial score (nSPS) is 10.2. The van der Waals surface area contributed by atoms with Gasteiger partial charge in [-0.1, -0.05) is 29.5 Å². The van der Waals surface area contributed by atoms with Gasteiger partial charge in [-0.05, 0) is 37.3 Å². The van der Waals surface area contributed by atoms with Crippen LogP contribution in [0.2, 0.25) is 0 Å². The number of aromatic hydroxyl groups is 1. The summed E-state index contributed by atoms with van der Waals surface area (Å²) in [6, 6.07) is 12.8. The van der Waals surface area contributed by atoms with Crippen molar-refractivity contribution in [1.82, 2.24) is 0 Å². The fourth-order valence-corrected chi connectivity index (χ4v) is 2.53. The lowest BCUT2D eigenvalue weighted by atomic mass is 10.2. The number of benzene rings is 2. The van der Waals surface area contributed by atoms with Crippen molar-refractivity contribution in [2.75, 3.05) is 7.11 Å². The molecule has 2 rings (SSSR count). The average Bonchev–Trinajstić information content (AvgIpc) is 2.40. The first-order valence-electron chi connectivity index (χ1n) is 5.75. The van der Waals surface area contributed by atoms with Gasteiger partial charge in [0.2, 0.25) is 0 Å². The molecule has 19 heavy (non-hydrogen) atoms. The van der Waals surface area contributed by atoms with Crippen molar-refractivity contribution in [2.45, 2.75) is 16.7 Å². The van der Waals surface area contributed by atoms with Gasteiger partial charge in [0, 0.05) is 9.79 Å². The molecule has 4 heteroatoms. The van der Waals surface area contributed by atoms with Crippen LogP contribution in [-0.2, 0) is 4.74 Å². The minimum absolute atomic E-state index is 0.0533. The lowest BCUT2D eigenvalue weighted by Gasteiger charge is -2.06. The van der Waals surface area contributed by atoms with Crippen molar-refractivity contribution in [1.29, 1.82) is 0 Å². The number of hydrogen-bond donors (Lipinski definition) is 1. The number of hydrogen-bond acceptors (Lipinski definition) is 4. The smallest absolute Gasteiger partial charge is 0.338 e. The Morgan fingerprint density at radius 3 is 2.42 bits per heavy atom. The number of phenols is 1. The van der Waals surface area contributed by atoms with E-state index in [1.807, 2.05) is 31.2 Å². The molecule has 0 fully saturated rings. The number of carbonyl (C=O) groups is 1. The standard InChI is InChI=1S/C15H14O3S/c1-10-3-5-13(6-4-10)19-14-8-11(15(17)18-2)7-12(16)9-14/h3-9,16H,1-2H3. The van der Waals surface area contributed by atoms with Crippen LogP contribution >= 0.6 is 11.8 Å². The van der Waals surface area contributed by atoms with E-state index in [2.05, 4.69) is 4.74 Å². The summed E-state index contributed by atoms with van der Waals surface area (Å²) in [5.74, 6) is -0.404. The highest BCUT2D eigenvalue weighted by molar-refractivity contribution is 7.99. The summed E-state index contributed by atoms with van der Waals surface area (Å²) in [5.41, 5.74) is 1.53. The molecular weight excluding hydrogens is 260 g/mol. The maximum atomic E-state index is 11.5. The van der Waals surface area contributed by atoms with Crippen molar-refractivity contribution in [3.05, 3.63) is 53.6 Å². The quantitative estimate of drug-likeness (QED) is 0.868. The van der Waals surface area contributed by atoms with Gasteiger partial charge in [-0.3, -0.25) is 0 Å². The number of ether oxygens (including phenoxy) is 1. The zero-order chi connectivity index (χ0) is 13.8. The summed E-state index contributed by atoms with van der Waals surface area (Å²) in [6.07, 6.45) is 0. The van der Waals surface area contributed by atoms with Crippen LogP contribution in [0.3, 0.4) is 0 Å². The molecule has 0 radical (unpaired) electrons. The van der Waals surface area contributed by atoms with Crippen LogP contribution in [0.1, 0.15) is 15.9 Å². The monoisotopic (exact) mass is 274 g/mol. The second kappa shape index (κ2) is 5.80. The second-order valence-electron chi connectivity index (χ2n) is 4.12. The SMILES string of the molecule is COC(=O)c1cc(O)cc(Sc2ccc(C)cc2)c1. The third-order valence-electron chi connectivity index (χ3n) is 2.57. The van der Waals surface area contributed by atoms with Gasteiger partial charge >= 0.3 is 5.97 Å². The highest BCUT2D eigenvalue weighted by Crippen LogP contribution is 2.31. The van der Waals surface area contributed by atoms with Crippen LogP contribution in [0.25, 0.3) is 0 Å². The van der Waals surface area contributed by atoms with E-state index < -0.39 is 5.97 Å². The molecule has 2 aromatic rings. The van der Waals surface area contributed by atoms with Crippen molar-refractivity contribution in [3.63, 3.8) is 0 Å². The van der Waals surface area contributed by atoms with Crippen LogP contribution in [0.15, 0.2) is 52.3 Å². The highest BCUT2D eigenvalue weighted by atomic mass is 32.2. The van der Waals surface area contributed by atoms with Crippen molar-refractivity contribution in [3.8, 4) is 5.75 Å². The van der Waals surface area contributed by atoms with Crippen molar-refractivity contribution in [2.24, 2.45) is 0 Å². The third-order valence-corrected chi connectivity index (χ3v) is 3.55. The Morgan fingerprint density at radius 1 is 1.11 bits per heavy atom. The number of rotatable bonds is 3. The Balaban J connectivity index is 2.27. The summed E-state index contributed by atoms with van der Waals surface area (Å²) in [4.78, 5) is 13.3. The van der Waals surface area contributed by atoms with Crippen LogP contribution in [-0.4, -0.2) is 18.2 Å². The minimum Gasteiger partial charge on any atom is -0.508 e. The zero-order valence-electron chi connectivity index (χ0n) is 10.7. The van der Waals surface area contributed by atoms with Gasteiger partial charge in [0.05, 0.1) is 12.7 Å². The zero-order valence-corrected chi connectivity index (χ0v) is 11.5. The predicted octanol–water partition coefficient (Wildman–Crippen LogP) is 3.64. The topological polar surface area (TPSA) is 46.5 Å². The molecule has 0 heterocycles. The van der Waals surface area contributed by atoms with Crippen LogP contribution < -0.4 is 0 Å². The van der Waals surface area contributed by atoms with E-state index in [9.17, 15) is 9.90 Å². The van der Waals surface area contributed by atoms with Crippen LogP contribution in [0.4, 0.5) is 0 Å². The van der Waals surface area contributed by atoms with Crippen LogP contribution in [0.5, 0.6) is 5.75 Å². The number of phenolic OH excluding ortho intramolecular Hbond substituents is 1. The number of methoxy groups -OCH3 is 1. The summed E-state index contributed by atoms with van der Waals surface area (Å²) in [7, 11) is 1.32. The highest BCUT2D eigenvalue weighted by Gasteiger charge is 2.09. The molecule has 0 atom stereocenters. The molecular formula is C15H14O3S. The van der Waals surface area contributed by atoms with Crippen molar-refractivity contribution < 1.29 is 14.6 Å². The second-order valence-corrected chi connectivity index (χ2v) is 5.27. The Morgan fingerprint density at radius 2 is 1.79 bits per heavy atom. The molecule has 1 N–H and O–H groups in total. The van der Waals surface area contributed by atoms with E-state index in [1.54, 1.807) is 12.1 Å². The molecule has 0 unspecified atom stereocenters. The van der Waals surface area contributed by atoms with Gasteiger partial charge in [-0.2, -0.15) is 0 Å². The molecule has 0 aliphatic rings. The molecule has 0 amide bonds. The average molecular weight is 274 g/mol. The molecule has 0 spiro atoms. The van der Waals surface area contributed by atoms with E-state index in [1.165, 1.54) is 30.5 Å². The van der Waals surface area contributed by atoms with Crippen LogP contribution in [0, 0.1) is 6.92 Å². The fraction of sp³-hybridized carbons (Fsp3) is 0.133. The molecule has 0 saturated heterocycles. The summed E-state index contributed by atoms with van der Waals surface area (Å²) in [6.45, 7) is 2.03. The Hall–Kier alpha value is -1.94. The molecule has 3 nitrogen and oxygen atoms in total. The van der Waals surface area contributed by atoms with Gasteiger partial charge < -0.3 is 9.84 Å². The number of aryl methyl sites for hydroxylation is 1. The van der Waals surface area contributed by atoms with Gasteiger partial charge in [-0.25, -0.2) is 4.79 Å². The summed E-state index contributed by atoms with van der Waals surface area (Å²) >= 11 is 1.48. The first kappa shape index (κ1) is 13.5. The van der Waals surface area contributed by atoms with E-state index in [4.69, 9.17) is 0 Å². The van der Waals surface area contributed by atoms with E-state index >= 15 is 0 Å². The van der Waals surface area contributed by atoms with Gasteiger partial charge in [0.25, 0.3) is 0 Å².